The Kier molecular flexibility index (Phi) is 5.24. The van der Waals surface area contributed by atoms with Crippen LogP contribution in [0, 0.1) is 4.91 Å². The number of likely N-dealkylation sites (tertiary alicyclic amines) is 1. The van der Waals surface area contributed by atoms with Gasteiger partial charge in [-0.3, -0.25) is 4.90 Å². The third-order valence-corrected chi connectivity index (χ3v) is 7.65. The van der Waals surface area contributed by atoms with Gasteiger partial charge < -0.3 is 0 Å². The monoisotopic (exact) mass is 414 g/mol. The second-order valence-electron chi connectivity index (χ2n) is 7.45. The van der Waals surface area contributed by atoms with Crippen molar-refractivity contribution >= 4 is 21.8 Å². The van der Waals surface area contributed by atoms with Gasteiger partial charge in [-0.25, -0.2) is 13.6 Å². The zero-order chi connectivity index (χ0) is 20.6. The number of benzene rings is 2. The van der Waals surface area contributed by atoms with Crippen LogP contribution in [-0.2, 0) is 10.0 Å². The van der Waals surface area contributed by atoms with Crippen molar-refractivity contribution < 1.29 is 18.5 Å². The highest BCUT2D eigenvalue weighted by molar-refractivity contribution is 7.89. The lowest BCUT2D eigenvalue weighted by molar-refractivity contribution is -0.729. The molecule has 1 fully saturated rings. The van der Waals surface area contributed by atoms with Crippen molar-refractivity contribution in [2.75, 3.05) is 20.1 Å². The highest BCUT2D eigenvalue weighted by Crippen LogP contribution is 2.38. The predicted octanol–water partition coefficient (Wildman–Crippen LogP) is 3.34. The van der Waals surface area contributed by atoms with Crippen molar-refractivity contribution in [3.63, 3.8) is 0 Å². The first-order valence-corrected chi connectivity index (χ1v) is 11.1. The molecule has 0 bridgehead atoms. The summed E-state index contributed by atoms with van der Waals surface area (Å²) in [5, 5.41) is 9.00. The molecule has 1 aliphatic carbocycles. The van der Waals surface area contributed by atoms with E-state index in [1.165, 1.54) is 28.6 Å². The van der Waals surface area contributed by atoms with Crippen molar-refractivity contribution in [1.29, 1.82) is 0 Å². The molecule has 1 heterocycles. The maximum Gasteiger partial charge on any atom is 0.316 e. The second-order valence-corrected chi connectivity index (χ2v) is 9.45. The number of hydrogen-bond acceptors (Lipinski definition) is 4. The lowest BCUT2D eigenvalue weighted by atomic mass is 9.88. The van der Waals surface area contributed by atoms with Crippen LogP contribution in [0.5, 0.6) is 0 Å². The van der Waals surface area contributed by atoms with Crippen LogP contribution in [0.25, 0.3) is 6.08 Å². The Morgan fingerprint density at radius 1 is 1.07 bits per heavy atom. The van der Waals surface area contributed by atoms with Crippen LogP contribution in [-0.4, -0.2) is 53.9 Å². The molecule has 152 valence electrons. The Balaban J connectivity index is 1.74. The molecule has 1 saturated heterocycles. The molecule has 0 saturated carbocycles. The van der Waals surface area contributed by atoms with E-state index >= 15 is 0 Å². The van der Waals surface area contributed by atoms with Crippen LogP contribution < -0.4 is 0 Å². The van der Waals surface area contributed by atoms with Gasteiger partial charge in [-0.2, -0.15) is 4.31 Å². The summed E-state index contributed by atoms with van der Waals surface area (Å²) in [5.41, 5.74) is 1.98. The summed E-state index contributed by atoms with van der Waals surface area (Å²) in [6, 6.07) is 12.8. The fraction of sp³-hybridized carbons (Fsp3) is 0.333. The SMILES string of the molecule is CN([C@@H]1c2ccccc2C=C[C@@H]1N1CCCC1)S(=O)(=O)c1ccc([N+](=O)O)cc1. The number of sulfonamides is 1. The van der Waals surface area contributed by atoms with Gasteiger partial charge >= 0.3 is 5.69 Å². The predicted molar refractivity (Wildman–Crippen MR) is 109 cm³/mol. The molecule has 7 nitrogen and oxygen atoms in total. The van der Waals surface area contributed by atoms with Crippen LogP contribution in [0.15, 0.2) is 59.5 Å². The first kappa shape index (κ1) is 19.8. The van der Waals surface area contributed by atoms with Crippen molar-refractivity contribution in [3.8, 4) is 0 Å². The topological polar surface area (TPSA) is 80.9 Å². The summed E-state index contributed by atoms with van der Waals surface area (Å²) < 4.78 is 28.3. The molecular weight excluding hydrogens is 390 g/mol. The molecule has 1 aliphatic heterocycles. The summed E-state index contributed by atoms with van der Waals surface area (Å²) in [5.74, 6) is 0. The number of rotatable bonds is 5. The highest BCUT2D eigenvalue weighted by atomic mass is 32.2. The number of nitrogens with zero attached hydrogens (tertiary/aromatic N) is 3. The Morgan fingerprint density at radius 3 is 2.38 bits per heavy atom. The molecule has 2 aromatic carbocycles. The molecule has 4 rings (SSSR count). The first-order valence-electron chi connectivity index (χ1n) is 9.65. The maximum absolute atomic E-state index is 13.4. The number of hydrogen-bond donors (Lipinski definition) is 1. The second kappa shape index (κ2) is 7.70. The standard InChI is InChI=1S/C21H24N3O4S/c1-22(29(27,28)18-11-9-17(10-12-18)24(25)26)21-19-7-3-2-6-16(19)8-13-20(21)23-14-4-5-15-23/h2-3,6-13,20-21H,4-5,14-15H2,1H3,(H,25,26)/q+1/t20-,21+/m0/s1. The average Bonchev–Trinajstić information content (AvgIpc) is 3.27. The fourth-order valence-electron chi connectivity index (χ4n) is 4.26. The van der Waals surface area contributed by atoms with E-state index in [0.717, 1.165) is 37.1 Å². The summed E-state index contributed by atoms with van der Waals surface area (Å²) in [4.78, 5) is 13.1. The molecule has 0 aromatic heterocycles. The van der Waals surface area contributed by atoms with E-state index in [2.05, 4.69) is 17.1 Å². The molecule has 29 heavy (non-hydrogen) atoms. The van der Waals surface area contributed by atoms with Gasteiger partial charge in [0.25, 0.3) is 4.92 Å². The van der Waals surface area contributed by atoms with Gasteiger partial charge in [0.15, 0.2) is 0 Å². The Morgan fingerprint density at radius 2 is 1.72 bits per heavy atom. The molecule has 2 atom stereocenters. The van der Waals surface area contributed by atoms with E-state index < -0.39 is 10.0 Å². The van der Waals surface area contributed by atoms with Crippen LogP contribution in [0.1, 0.15) is 30.0 Å². The van der Waals surface area contributed by atoms with Crippen molar-refractivity contribution in [3.05, 3.63) is 70.6 Å². The van der Waals surface area contributed by atoms with E-state index in [-0.39, 0.29) is 27.6 Å². The fourth-order valence-corrected chi connectivity index (χ4v) is 5.61. The van der Waals surface area contributed by atoms with Crippen LogP contribution in [0.4, 0.5) is 5.69 Å². The molecule has 1 N–H and O–H groups in total. The minimum absolute atomic E-state index is 0.0208. The Labute approximate surface area is 170 Å². The lowest BCUT2D eigenvalue weighted by Crippen LogP contribution is -2.46. The zero-order valence-corrected chi connectivity index (χ0v) is 17.0. The summed E-state index contributed by atoms with van der Waals surface area (Å²) in [6.45, 7) is 1.90. The molecule has 2 aromatic rings. The molecule has 2 aliphatic rings. The van der Waals surface area contributed by atoms with Gasteiger partial charge in [0.05, 0.1) is 15.8 Å². The molecule has 0 radical (unpaired) electrons. The molecular formula is C21H24N3O4S+. The van der Waals surface area contributed by atoms with Gasteiger partial charge in [-0.15, -0.1) is 0 Å². The lowest BCUT2D eigenvalue weighted by Gasteiger charge is -2.40. The quantitative estimate of drug-likeness (QED) is 0.759. The van der Waals surface area contributed by atoms with Gasteiger partial charge in [0, 0.05) is 25.2 Å². The van der Waals surface area contributed by atoms with Gasteiger partial charge in [-0.05, 0) is 49.2 Å². The van der Waals surface area contributed by atoms with Gasteiger partial charge in [0.2, 0.25) is 10.0 Å². The van der Waals surface area contributed by atoms with E-state index in [0.29, 0.717) is 0 Å². The van der Waals surface area contributed by atoms with E-state index in [4.69, 9.17) is 5.21 Å². The minimum atomic E-state index is -3.82. The number of fused-ring (bicyclic) bond motifs is 1. The smallest absolute Gasteiger partial charge is 0.295 e. The van der Waals surface area contributed by atoms with Crippen molar-refractivity contribution in [1.82, 2.24) is 9.21 Å². The Hall–Kier alpha value is -2.55. The summed E-state index contributed by atoms with van der Waals surface area (Å²) in [7, 11) is -2.21. The van der Waals surface area contributed by atoms with Crippen LogP contribution >= 0.6 is 0 Å². The Bertz CT molecular complexity index is 1040. The van der Waals surface area contributed by atoms with Crippen LogP contribution in [0.2, 0.25) is 0 Å². The van der Waals surface area contributed by atoms with Crippen molar-refractivity contribution in [2.45, 2.75) is 29.8 Å². The molecule has 0 unspecified atom stereocenters. The summed E-state index contributed by atoms with van der Waals surface area (Å²) in [6.07, 6.45) is 6.41. The van der Waals surface area contributed by atoms with E-state index in [1.807, 2.05) is 24.3 Å². The largest absolute Gasteiger partial charge is 0.316 e. The highest BCUT2D eigenvalue weighted by Gasteiger charge is 2.39. The van der Waals surface area contributed by atoms with Gasteiger partial charge in [0.1, 0.15) is 0 Å². The third kappa shape index (κ3) is 3.59. The third-order valence-electron chi connectivity index (χ3n) is 5.80. The zero-order valence-electron chi connectivity index (χ0n) is 16.2. The first-order chi connectivity index (χ1) is 13.9. The van der Waals surface area contributed by atoms with Crippen LogP contribution in [0.3, 0.4) is 0 Å². The molecule has 0 spiro atoms. The number of likely N-dealkylation sites (N-methyl/N-ethyl adjacent to an activating group) is 1. The minimum Gasteiger partial charge on any atom is -0.295 e. The normalized spacial score (nSPS) is 22.0. The molecule has 0 amide bonds. The average molecular weight is 415 g/mol. The summed E-state index contributed by atoms with van der Waals surface area (Å²) >= 11 is 0. The van der Waals surface area contributed by atoms with Gasteiger partial charge in [-0.1, -0.05) is 36.4 Å². The van der Waals surface area contributed by atoms with Crippen molar-refractivity contribution in [2.24, 2.45) is 0 Å². The van der Waals surface area contributed by atoms with E-state index in [9.17, 15) is 13.3 Å². The maximum atomic E-state index is 13.4. The van der Waals surface area contributed by atoms with E-state index in [1.54, 1.807) is 7.05 Å². The molecule has 8 heteroatoms.